The Hall–Kier alpha value is -7.54. The maximum Gasteiger partial charge on any atom is -0.00201 e. The lowest BCUT2D eigenvalue weighted by Crippen LogP contribution is -1.93. The molecule has 0 amide bonds. The molecule has 0 aliphatic rings. The van der Waals surface area contributed by atoms with Gasteiger partial charge in [-0.05, 0) is 150 Å². The molecule has 0 bridgehead atoms. The van der Waals surface area contributed by atoms with Gasteiger partial charge in [0.15, 0.2) is 0 Å². The van der Waals surface area contributed by atoms with Crippen molar-refractivity contribution in [3.8, 4) is 44.5 Å². The Morgan fingerprint density at radius 3 is 1.47 bits per heavy atom. The van der Waals surface area contributed by atoms with Crippen molar-refractivity contribution < 1.29 is 0 Å². The van der Waals surface area contributed by atoms with E-state index in [2.05, 4.69) is 218 Å². The Morgan fingerprint density at radius 2 is 0.690 bits per heavy atom. The van der Waals surface area contributed by atoms with Crippen LogP contribution in [0.1, 0.15) is 0 Å². The van der Waals surface area contributed by atoms with E-state index in [9.17, 15) is 0 Å². The highest BCUT2D eigenvalue weighted by atomic mass is 14.2. The topological polar surface area (TPSA) is 0 Å². The van der Waals surface area contributed by atoms with Gasteiger partial charge in [0, 0.05) is 0 Å². The lowest BCUT2D eigenvalue weighted by molar-refractivity contribution is 1.63. The van der Waals surface area contributed by atoms with Gasteiger partial charge in [-0.1, -0.05) is 188 Å². The van der Waals surface area contributed by atoms with Crippen LogP contribution in [0.3, 0.4) is 0 Å². The number of hydrogen-bond donors (Lipinski definition) is 0. The third-order valence-corrected chi connectivity index (χ3v) is 12.4. The first-order chi connectivity index (χ1) is 28.7. The third kappa shape index (κ3) is 5.23. The Bertz CT molecular complexity index is 3610. The van der Waals surface area contributed by atoms with E-state index in [1.165, 1.54) is 120 Å². The molecule has 12 aromatic rings. The second kappa shape index (κ2) is 13.0. The summed E-state index contributed by atoms with van der Waals surface area (Å²) >= 11 is 0. The Kier molecular flexibility index (Phi) is 7.33. The fraction of sp³-hybridized carbons (Fsp3) is 0. The van der Waals surface area contributed by atoms with Crippen LogP contribution in [0.5, 0.6) is 0 Å². The summed E-state index contributed by atoms with van der Waals surface area (Å²) in [5, 5.41) is 17.5. The Balaban J connectivity index is 1.24. The van der Waals surface area contributed by atoms with Crippen LogP contribution in [0, 0.1) is 0 Å². The summed E-state index contributed by atoms with van der Waals surface area (Å²) in [7, 11) is 0. The summed E-state index contributed by atoms with van der Waals surface area (Å²) < 4.78 is 0. The maximum atomic E-state index is 2.48. The zero-order valence-electron chi connectivity index (χ0n) is 31.8. The highest BCUT2D eigenvalue weighted by Gasteiger charge is 2.20. The first kappa shape index (κ1) is 32.7. The van der Waals surface area contributed by atoms with Crippen molar-refractivity contribution in [3.63, 3.8) is 0 Å². The van der Waals surface area contributed by atoms with E-state index in [1.54, 1.807) is 0 Å². The molecule has 0 saturated carbocycles. The lowest BCUT2D eigenvalue weighted by atomic mass is 9.83. The minimum Gasteiger partial charge on any atom is -0.0616 e. The van der Waals surface area contributed by atoms with E-state index < -0.39 is 0 Å². The molecule has 0 N–H and O–H groups in total. The number of benzene rings is 12. The van der Waals surface area contributed by atoms with Crippen LogP contribution in [0.25, 0.3) is 120 Å². The second-order valence-corrected chi connectivity index (χ2v) is 15.6. The summed E-state index contributed by atoms with van der Waals surface area (Å²) in [6.45, 7) is 0. The molecule has 0 aliphatic heterocycles. The molecule has 0 fully saturated rings. The van der Waals surface area contributed by atoms with E-state index in [-0.39, 0.29) is 0 Å². The molecule has 268 valence electrons. The van der Waals surface area contributed by atoms with Gasteiger partial charge < -0.3 is 0 Å². The van der Waals surface area contributed by atoms with Crippen LogP contribution in [0.15, 0.2) is 218 Å². The molecule has 0 spiro atoms. The Labute approximate surface area is 336 Å². The van der Waals surface area contributed by atoms with Crippen molar-refractivity contribution in [2.24, 2.45) is 0 Å². The highest BCUT2D eigenvalue weighted by molar-refractivity contribution is 6.25. The van der Waals surface area contributed by atoms with Gasteiger partial charge in [0.1, 0.15) is 0 Å². The van der Waals surface area contributed by atoms with E-state index in [4.69, 9.17) is 0 Å². The molecule has 0 radical (unpaired) electrons. The van der Waals surface area contributed by atoms with Gasteiger partial charge in [-0.15, -0.1) is 0 Å². The first-order valence-electron chi connectivity index (χ1n) is 20.2. The molecule has 0 heteroatoms. The largest absolute Gasteiger partial charge is 0.0616 e. The van der Waals surface area contributed by atoms with Gasteiger partial charge in [0.05, 0.1) is 0 Å². The van der Waals surface area contributed by atoms with Gasteiger partial charge in [-0.25, -0.2) is 0 Å². The normalized spacial score (nSPS) is 11.8. The van der Waals surface area contributed by atoms with Crippen molar-refractivity contribution in [3.05, 3.63) is 218 Å². The minimum atomic E-state index is 1.21. The number of fused-ring (bicyclic) bond motifs is 9. The highest BCUT2D eigenvalue weighted by Crippen LogP contribution is 2.47. The first-order valence-corrected chi connectivity index (χ1v) is 20.2. The summed E-state index contributed by atoms with van der Waals surface area (Å²) in [6.07, 6.45) is 0. The van der Waals surface area contributed by atoms with Crippen molar-refractivity contribution in [1.29, 1.82) is 0 Å². The van der Waals surface area contributed by atoms with Crippen LogP contribution in [-0.4, -0.2) is 0 Å². The van der Waals surface area contributed by atoms with Crippen LogP contribution in [-0.2, 0) is 0 Å². The summed E-state index contributed by atoms with van der Waals surface area (Å²) in [5.74, 6) is 0. The summed E-state index contributed by atoms with van der Waals surface area (Å²) in [6, 6.07) is 81.3. The molecule has 58 heavy (non-hydrogen) atoms. The molecule has 0 atom stereocenters. The van der Waals surface area contributed by atoms with Gasteiger partial charge in [0.2, 0.25) is 0 Å². The van der Waals surface area contributed by atoms with E-state index in [0.717, 1.165) is 0 Å². The van der Waals surface area contributed by atoms with Crippen molar-refractivity contribution in [1.82, 2.24) is 0 Å². The molecular formula is C58H36. The fourth-order valence-electron chi connectivity index (χ4n) is 9.54. The van der Waals surface area contributed by atoms with Gasteiger partial charge in [0.25, 0.3) is 0 Å². The average Bonchev–Trinajstić information content (AvgIpc) is 3.29. The molecule has 0 aromatic heterocycles. The van der Waals surface area contributed by atoms with Gasteiger partial charge in [-0.2, -0.15) is 0 Å². The van der Waals surface area contributed by atoms with Gasteiger partial charge >= 0.3 is 0 Å². The van der Waals surface area contributed by atoms with E-state index in [0.29, 0.717) is 0 Å². The van der Waals surface area contributed by atoms with Gasteiger partial charge in [-0.3, -0.25) is 0 Å². The van der Waals surface area contributed by atoms with E-state index in [1.807, 2.05) is 0 Å². The smallest absolute Gasteiger partial charge is 0.00201 e. The molecule has 0 saturated heterocycles. The molecule has 12 aromatic carbocycles. The molecule has 0 nitrogen and oxygen atoms in total. The Morgan fingerprint density at radius 1 is 0.190 bits per heavy atom. The fourth-order valence-corrected chi connectivity index (χ4v) is 9.54. The predicted octanol–water partition coefficient (Wildman–Crippen LogP) is 16.4. The van der Waals surface area contributed by atoms with Crippen molar-refractivity contribution in [2.75, 3.05) is 0 Å². The second-order valence-electron chi connectivity index (χ2n) is 15.6. The van der Waals surface area contributed by atoms with Crippen LogP contribution >= 0.6 is 0 Å². The molecule has 12 rings (SSSR count). The summed E-state index contributed by atoms with van der Waals surface area (Å²) in [4.78, 5) is 0. The molecule has 0 heterocycles. The van der Waals surface area contributed by atoms with Crippen LogP contribution in [0.4, 0.5) is 0 Å². The lowest BCUT2D eigenvalue weighted by Gasteiger charge is -2.20. The average molecular weight is 733 g/mol. The quantitative estimate of drug-likeness (QED) is 0.158. The molecule has 0 unspecified atom stereocenters. The summed E-state index contributed by atoms with van der Waals surface area (Å²) in [5.41, 5.74) is 9.80. The van der Waals surface area contributed by atoms with Crippen LogP contribution < -0.4 is 0 Å². The monoisotopic (exact) mass is 732 g/mol. The zero-order valence-corrected chi connectivity index (χ0v) is 31.8. The zero-order chi connectivity index (χ0) is 38.2. The van der Waals surface area contributed by atoms with Crippen molar-refractivity contribution in [2.45, 2.75) is 0 Å². The maximum absolute atomic E-state index is 2.48. The minimum absolute atomic E-state index is 1.21. The predicted molar refractivity (Wildman–Crippen MR) is 251 cm³/mol. The van der Waals surface area contributed by atoms with Crippen molar-refractivity contribution >= 4 is 75.4 Å². The van der Waals surface area contributed by atoms with Crippen LogP contribution in [0.2, 0.25) is 0 Å². The SMILES string of the molecule is c1ccc2cc(-c3ccc4ccc(-c5ccc6ccccc6c5)c(-c5cc(-c6cccc7ccccc67)cc6c5ccc5ccc7ccccc7c56)c4c3)ccc2c1. The molecular weight excluding hydrogens is 697 g/mol. The van der Waals surface area contributed by atoms with E-state index >= 15 is 0 Å². The third-order valence-electron chi connectivity index (χ3n) is 12.4. The standard InChI is InChI=1S/C58H36/c1-3-14-43-32-45(25-20-37(43)10-1)46-26-23-41-28-30-52(47-27-21-38-11-2-4-15-44(38)33-47)58(54(41)34-46)56-36-48(50-19-9-16-39-12-5-7-17-49(39)50)35-55-53(56)31-29-42-24-22-40-13-6-8-18-51(40)57(42)55/h1-36H. The molecule has 0 aliphatic carbocycles. The number of hydrogen-bond acceptors (Lipinski definition) is 0. The number of rotatable bonds is 4.